The zero-order chi connectivity index (χ0) is 12.5. The first kappa shape index (κ1) is 11.1. The Hall–Kier alpha value is -2.01. The van der Waals surface area contributed by atoms with E-state index < -0.39 is 0 Å². The second-order valence-electron chi connectivity index (χ2n) is 3.81. The van der Waals surface area contributed by atoms with Crippen LogP contribution in [0, 0.1) is 0 Å². The van der Waals surface area contributed by atoms with Crippen LogP contribution in [0.2, 0.25) is 0 Å². The first-order chi connectivity index (χ1) is 8.75. The second kappa shape index (κ2) is 4.34. The predicted molar refractivity (Wildman–Crippen MR) is 73.3 cm³/mol. The van der Waals surface area contributed by atoms with Gasteiger partial charge in [-0.3, -0.25) is 9.78 Å². The Balaban J connectivity index is 2.37. The minimum atomic E-state index is -0.274. The third kappa shape index (κ3) is 1.82. The molecule has 0 radical (unpaired) electrons. The van der Waals surface area contributed by atoms with Gasteiger partial charge in [-0.1, -0.05) is 28.1 Å². The molecule has 0 fully saturated rings. The Bertz CT molecular complexity index is 782. The van der Waals surface area contributed by atoms with Crippen LogP contribution in [0.3, 0.4) is 0 Å². The molecule has 4 nitrogen and oxygen atoms in total. The van der Waals surface area contributed by atoms with Crippen molar-refractivity contribution in [3.8, 4) is 11.3 Å². The number of halogens is 1. The molecular weight excluding hydrogens is 294 g/mol. The van der Waals surface area contributed by atoms with Crippen LogP contribution in [0.1, 0.15) is 0 Å². The van der Waals surface area contributed by atoms with E-state index in [2.05, 4.69) is 31.1 Å². The van der Waals surface area contributed by atoms with Crippen molar-refractivity contribution in [1.29, 1.82) is 0 Å². The normalized spacial score (nSPS) is 10.7. The summed E-state index contributed by atoms with van der Waals surface area (Å²) in [4.78, 5) is 15.7. The van der Waals surface area contributed by atoms with Crippen molar-refractivity contribution in [3.63, 3.8) is 0 Å². The van der Waals surface area contributed by atoms with E-state index >= 15 is 0 Å². The van der Waals surface area contributed by atoms with Crippen LogP contribution in [-0.4, -0.2) is 15.2 Å². The topological polar surface area (TPSA) is 58.6 Å². The Morgan fingerprint density at radius 1 is 1.17 bits per heavy atom. The van der Waals surface area contributed by atoms with Crippen molar-refractivity contribution in [1.82, 2.24) is 15.2 Å². The van der Waals surface area contributed by atoms with Crippen LogP contribution < -0.4 is 5.56 Å². The van der Waals surface area contributed by atoms with Crippen LogP contribution in [-0.2, 0) is 0 Å². The number of nitrogens with one attached hydrogen (secondary N) is 1. The number of fused-ring (bicyclic) bond motifs is 1. The molecule has 0 spiro atoms. The summed E-state index contributed by atoms with van der Waals surface area (Å²) in [5, 5.41) is 7.35. The van der Waals surface area contributed by atoms with Gasteiger partial charge < -0.3 is 0 Å². The van der Waals surface area contributed by atoms with E-state index in [1.54, 1.807) is 12.3 Å². The molecule has 0 bridgehead atoms. The highest BCUT2D eigenvalue weighted by molar-refractivity contribution is 9.10. The number of hydrogen-bond donors (Lipinski definition) is 1. The molecule has 0 aliphatic heterocycles. The van der Waals surface area contributed by atoms with Gasteiger partial charge in [0.2, 0.25) is 0 Å². The molecule has 2 aromatic heterocycles. The Morgan fingerprint density at radius 3 is 2.89 bits per heavy atom. The quantitative estimate of drug-likeness (QED) is 0.752. The average molecular weight is 302 g/mol. The first-order valence-electron chi connectivity index (χ1n) is 5.35. The van der Waals surface area contributed by atoms with Gasteiger partial charge in [0.15, 0.2) is 0 Å². The Kier molecular flexibility index (Phi) is 2.68. The summed E-state index contributed by atoms with van der Waals surface area (Å²) in [6.45, 7) is 0. The summed E-state index contributed by atoms with van der Waals surface area (Å²) >= 11 is 3.42. The molecule has 3 rings (SSSR count). The van der Waals surface area contributed by atoms with E-state index in [0.29, 0.717) is 5.52 Å². The molecule has 0 unspecified atom stereocenters. The third-order valence-corrected chi connectivity index (χ3v) is 3.14. The van der Waals surface area contributed by atoms with E-state index in [1.807, 2.05) is 30.3 Å². The summed E-state index contributed by atoms with van der Waals surface area (Å²) in [6, 6.07) is 11.4. The van der Waals surface area contributed by atoms with E-state index in [9.17, 15) is 4.79 Å². The van der Waals surface area contributed by atoms with Crippen molar-refractivity contribution in [3.05, 3.63) is 57.4 Å². The number of pyridine rings is 1. The fourth-order valence-electron chi connectivity index (χ4n) is 1.85. The number of benzene rings is 1. The molecule has 88 valence electrons. The SMILES string of the molecule is O=c1[nH]nc(-c2cccc(Br)c2)c2cccnc12. The van der Waals surface area contributed by atoms with E-state index in [-0.39, 0.29) is 5.56 Å². The van der Waals surface area contributed by atoms with Gasteiger partial charge in [0.05, 0.1) is 0 Å². The maximum atomic E-state index is 11.6. The number of aromatic nitrogens is 3. The lowest BCUT2D eigenvalue weighted by molar-refractivity contribution is 1.01. The number of H-pyrrole nitrogens is 1. The maximum Gasteiger partial charge on any atom is 0.290 e. The number of rotatable bonds is 1. The molecule has 5 heteroatoms. The van der Waals surface area contributed by atoms with Crippen molar-refractivity contribution in [2.45, 2.75) is 0 Å². The van der Waals surface area contributed by atoms with Gasteiger partial charge in [-0.25, -0.2) is 5.10 Å². The zero-order valence-electron chi connectivity index (χ0n) is 9.22. The van der Waals surface area contributed by atoms with Gasteiger partial charge in [0.1, 0.15) is 11.2 Å². The predicted octanol–water partition coefficient (Wildman–Crippen LogP) is 2.75. The summed E-state index contributed by atoms with van der Waals surface area (Å²) in [5.74, 6) is 0. The van der Waals surface area contributed by atoms with Crippen LogP contribution in [0.25, 0.3) is 22.2 Å². The molecule has 0 saturated carbocycles. The summed E-state index contributed by atoms with van der Waals surface area (Å²) in [5.41, 5.74) is 1.78. The van der Waals surface area contributed by atoms with Crippen LogP contribution in [0.15, 0.2) is 51.9 Å². The van der Waals surface area contributed by atoms with Crippen molar-refractivity contribution in [2.75, 3.05) is 0 Å². The second-order valence-corrected chi connectivity index (χ2v) is 4.73. The molecular formula is C13H8BrN3O. The molecule has 0 amide bonds. The number of aromatic amines is 1. The lowest BCUT2D eigenvalue weighted by atomic mass is 10.1. The molecule has 0 atom stereocenters. The van der Waals surface area contributed by atoms with E-state index in [0.717, 1.165) is 21.1 Å². The van der Waals surface area contributed by atoms with Crippen molar-refractivity contribution >= 4 is 26.8 Å². The van der Waals surface area contributed by atoms with Crippen LogP contribution in [0.5, 0.6) is 0 Å². The summed E-state index contributed by atoms with van der Waals surface area (Å²) in [6.07, 6.45) is 1.60. The monoisotopic (exact) mass is 301 g/mol. The molecule has 1 aromatic carbocycles. The molecule has 0 saturated heterocycles. The highest BCUT2D eigenvalue weighted by atomic mass is 79.9. The Labute approximate surface area is 111 Å². The molecule has 3 aromatic rings. The smallest absolute Gasteiger partial charge is 0.266 e. The Morgan fingerprint density at radius 2 is 2.06 bits per heavy atom. The van der Waals surface area contributed by atoms with Gasteiger partial charge in [-0.2, -0.15) is 5.10 Å². The van der Waals surface area contributed by atoms with Gasteiger partial charge >= 0.3 is 0 Å². The lowest BCUT2D eigenvalue weighted by Crippen LogP contribution is -2.10. The maximum absolute atomic E-state index is 11.6. The number of hydrogen-bond acceptors (Lipinski definition) is 3. The number of nitrogens with zero attached hydrogens (tertiary/aromatic N) is 2. The van der Waals surface area contributed by atoms with Crippen molar-refractivity contribution < 1.29 is 0 Å². The van der Waals surface area contributed by atoms with Gasteiger partial charge in [0.25, 0.3) is 5.56 Å². The molecule has 0 aliphatic carbocycles. The molecule has 0 aliphatic rings. The molecule has 18 heavy (non-hydrogen) atoms. The largest absolute Gasteiger partial charge is 0.290 e. The van der Waals surface area contributed by atoms with Crippen LogP contribution >= 0.6 is 15.9 Å². The van der Waals surface area contributed by atoms with E-state index in [1.165, 1.54) is 0 Å². The van der Waals surface area contributed by atoms with Gasteiger partial charge in [0, 0.05) is 21.6 Å². The van der Waals surface area contributed by atoms with Gasteiger partial charge in [-0.15, -0.1) is 0 Å². The highest BCUT2D eigenvalue weighted by Gasteiger charge is 2.09. The average Bonchev–Trinajstić information content (AvgIpc) is 2.39. The molecule has 1 N–H and O–H groups in total. The van der Waals surface area contributed by atoms with E-state index in [4.69, 9.17) is 0 Å². The van der Waals surface area contributed by atoms with Crippen molar-refractivity contribution in [2.24, 2.45) is 0 Å². The summed E-state index contributed by atoms with van der Waals surface area (Å²) in [7, 11) is 0. The standard InChI is InChI=1S/C13H8BrN3O/c14-9-4-1-3-8(7-9)11-10-5-2-6-15-12(10)13(18)17-16-11/h1-7H,(H,17,18). The fraction of sp³-hybridized carbons (Fsp3) is 0. The lowest BCUT2D eigenvalue weighted by Gasteiger charge is -2.04. The van der Waals surface area contributed by atoms with Gasteiger partial charge in [-0.05, 0) is 24.3 Å². The fourth-order valence-corrected chi connectivity index (χ4v) is 2.25. The molecule has 2 heterocycles. The highest BCUT2D eigenvalue weighted by Crippen LogP contribution is 2.25. The minimum absolute atomic E-state index is 0.274. The first-order valence-corrected chi connectivity index (χ1v) is 6.14. The van der Waals surface area contributed by atoms with Crippen LogP contribution in [0.4, 0.5) is 0 Å². The minimum Gasteiger partial charge on any atom is -0.266 e. The summed E-state index contributed by atoms with van der Waals surface area (Å²) < 4.78 is 0.963. The zero-order valence-corrected chi connectivity index (χ0v) is 10.8. The third-order valence-electron chi connectivity index (χ3n) is 2.65.